The molecule has 1 aromatic heterocycles. The van der Waals surface area contributed by atoms with E-state index in [0.717, 1.165) is 17.7 Å². The average molecular weight is 337 g/mol. The largest absolute Gasteiger partial charge is 0.423 e. The van der Waals surface area contributed by atoms with Crippen molar-refractivity contribution in [2.75, 3.05) is 11.9 Å². The van der Waals surface area contributed by atoms with Gasteiger partial charge in [-0.25, -0.2) is 0 Å². The summed E-state index contributed by atoms with van der Waals surface area (Å²) in [6.07, 6.45) is 0.923. The van der Waals surface area contributed by atoms with E-state index in [4.69, 9.17) is 9.15 Å². The van der Waals surface area contributed by atoms with Crippen molar-refractivity contribution in [3.63, 3.8) is 0 Å². The smallest absolute Gasteiger partial charge is 0.238 e. The summed E-state index contributed by atoms with van der Waals surface area (Å²) in [5.74, 6) is 1.16. The second-order valence-electron chi connectivity index (χ2n) is 6.01. The Morgan fingerprint density at radius 2 is 1.84 bits per heavy atom. The maximum atomic E-state index is 5.80. The Labute approximate surface area is 148 Å². The normalized spacial score (nSPS) is 12.1. The lowest BCUT2D eigenvalue weighted by molar-refractivity contribution is 0.124. The van der Waals surface area contributed by atoms with Gasteiger partial charge in [0.05, 0.1) is 13.2 Å². The molecule has 5 nitrogen and oxygen atoms in total. The highest BCUT2D eigenvalue weighted by Crippen LogP contribution is 2.19. The summed E-state index contributed by atoms with van der Waals surface area (Å²) >= 11 is 0. The van der Waals surface area contributed by atoms with Gasteiger partial charge >= 0.3 is 0 Å². The van der Waals surface area contributed by atoms with E-state index in [2.05, 4.69) is 51.9 Å². The number of aryl methyl sites for hydroxylation is 1. The van der Waals surface area contributed by atoms with Gasteiger partial charge in [-0.1, -0.05) is 42.5 Å². The third kappa shape index (κ3) is 5.16. The van der Waals surface area contributed by atoms with Crippen molar-refractivity contribution in [3.05, 3.63) is 77.5 Å². The molecular weight excluding hydrogens is 314 g/mol. The topological polar surface area (TPSA) is 60.2 Å². The van der Waals surface area contributed by atoms with Crippen LogP contribution in [0.15, 0.2) is 59.0 Å². The van der Waals surface area contributed by atoms with Crippen LogP contribution in [0.1, 0.15) is 35.9 Å². The van der Waals surface area contributed by atoms with Crippen LogP contribution in [-0.4, -0.2) is 16.8 Å². The predicted molar refractivity (Wildman–Crippen MR) is 97.3 cm³/mol. The minimum absolute atomic E-state index is 0.0459. The van der Waals surface area contributed by atoms with Crippen LogP contribution in [0.5, 0.6) is 0 Å². The summed E-state index contributed by atoms with van der Waals surface area (Å²) < 4.78 is 11.3. The van der Waals surface area contributed by atoms with E-state index in [1.165, 1.54) is 5.56 Å². The zero-order chi connectivity index (χ0) is 17.5. The number of hydrogen-bond donors (Lipinski definition) is 1. The molecule has 0 fully saturated rings. The van der Waals surface area contributed by atoms with E-state index in [0.29, 0.717) is 25.0 Å². The van der Waals surface area contributed by atoms with Gasteiger partial charge in [0.15, 0.2) is 0 Å². The molecule has 5 heteroatoms. The molecule has 0 saturated carbocycles. The van der Waals surface area contributed by atoms with Crippen molar-refractivity contribution in [1.82, 2.24) is 10.2 Å². The molecule has 3 rings (SSSR count). The van der Waals surface area contributed by atoms with E-state index in [1.54, 1.807) is 6.92 Å². The summed E-state index contributed by atoms with van der Waals surface area (Å²) in [5.41, 5.74) is 3.43. The van der Waals surface area contributed by atoms with Crippen molar-refractivity contribution < 1.29 is 9.15 Å². The molecule has 0 bridgehead atoms. The second-order valence-corrected chi connectivity index (χ2v) is 6.01. The van der Waals surface area contributed by atoms with Gasteiger partial charge < -0.3 is 14.5 Å². The number of hydrogen-bond acceptors (Lipinski definition) is 5. The Morgan fingerprint density at radius 3 is 2.60 bits per heavy atom. The highest BCUT2D eigenvalue weighted by Gasteiger charge is 2.12. The standard InChI is InChI=1S/C20H23N3O2/c1-15(20-23-22-16(2)25-20)21-19-10-6-9-18(13-19)14-24-12-11-17-7-4-3-5-8-17/h3-10,13,15,21H,11-12,14H2,1-2H3/t15-/m1/s1. The summed E-state index contributed by atoms with van der Waals surface area (Å²) in [4.78, 5) is 0. The molecule has 0 saturated heterocycles. The van der Waals surface area contributed by atoms with E-state index in [-0.39, 0.29) is 6.04 Å². The molecular formula is C20H23N3O2. The van der Waals surface area contributed by atoms with Crippen LogP contribution in [0.4, 0.5) is 5.69 Å². The van der Waals surface area contributed by atoms with E-state index in [1.807, 2.05) is 25.1 Å². The van der Waals surface area contributed by atoms with Gasteiger partial charge in [0.25, 0.3) is 0 Å². The molecule has 3 aromatic rings. The molecule has 0 aliphatic carbocycles. The summed E-state index contributed by atoms with van der Waals surface area (Å²) in [7, 11) is 0. The number of nitrogens with zero attached hydrogens (tertiary/aromatic N) is 2. The van der Waals surface area contributed by atoms with Gasteiger partial charge in [0.2, 0.25) is 11.8 Å². The zero-order valence-corrected chi connectivity index (χ0v) is 14.6. The first-order valence-corrected chi connectivity index (χ1v) is 8.48. The summed E-state index contributed by atoms with van der Waals surface area (Å²) in [6, 6.07) is 18.5. The molecule has 0 aliphatic rings. The fourth-order valence-corrected chi connectivity index (χ4v) is 2.57. The van der Waals surface area contributed by atoms with Crippen LogP contribution >= 0.6 is 0 Å². The Morgan fingerprint density at radius 1 is 1.04 bits per heavy atom. The van der Waals surface area contributed by atoms with E-state index in [9.17, 15) is 0 Å². The van der Waals surface area contributed by atoms with Crippen molar-refractivity contribution in [2.24, 2.45) is 0 Å². The first-order valence-electron chi connectivity index (χ1n) is 8.48. The number of aromatic nitrogens is 2. The third-order valence-corrected chi connectivity index (χ3v) is 3.87. The van der Waals surface area contributed by atoms with Crippen LogP contribution in [0, 0.1) is 6.92 Å². The summed E-state index contributed by atoms with van der Waals surface area (Å²) in [5, 5.41) is 11.3. The maximum absolute atomic E-state index is 5.80. The molecule has 1 atom stereocenters. The van der Waals surface area contributed by atoms with E-state index < -0.39 is 0 Å². The Kier molecular flexibility index (Phi) is 5.80. The first kappa shape index (κ1) is 17.2. The summed E-state index contributed by atoms with van der Waals surface area (Å²) in [6.45, 7) is 5.09. The highest BCUT2D eigenvalue weighted by molar-refractivity contribution is 5.46. The molecule has 0 amide bonds. The maximum Gasteiger partial charge on any atom is 0.238 e. The van der Waals surface area contributed by atoms with Gasteiger partial charge in [-0.3, -0.25) is 0 Å². The fraction of sp³-hybridized carbons (Fsp3) is 0.300. The number of nitrogens with one attached hydrogen (secondary N) is 1. The highest BCUT2D eigenvalue weighted by atomic mass is 16.5. The molecule has 0 radical (unpaired) electrons. The van der Waals surface area contributed by atoms with Gasteiger partial charge in [0.1, 0.15) is 6.04 Å². The van der Waals surface area contributed by atoms with Crippen LogP contribution in [0.2, 0.25) is 0 Å². The fourth-order valence-electron chi connectivity index (χ4n) is 2.57. The van der Waals surface area contributed by atoms with Crippen molar-refractivity contribution in [2.45, 2.75) is 32.9 Å². The molecule has 130 valence electrons. The van der Waals surface area contributed by atoms with Gasteiger partial charge in [-0.05, 0) is 36.6 Å². The molecule has 25 heavy (non-hydrogen) atoms. The van der Waals surface area contributed by atoms with Gasteiger partial charge in [0, 0.05) is 12.6 Å². The second kappa shape index (κ2) is 8.44. The number of anilines is 1. The van der Waals surface area contributed by atoms with Crippen molar-refractivity contribution in [1.29, 1.82) is 0 Å². The quantitative estimate of drug-likeness (QED) is 0.621. The van der Waals surface area contributed by atoms with Crippen molar-refractivity contribution in [3.8, 4) is 0 Å². The minimum Gasteiger partial charge on any atom is -0.423 e. The Hall–Kier alpha value is -2.66. The molecule has 0 spiro atoms. The Bertz CT molecular complexity index is 786. The molecule has 0 aliphatic heterocycles. The zero-order valence-electron chi connectivity index (χ0n) is 14.6. The minimum atomic E-state index is -0.0459. The average Bonchev–Trinajstić information content (AvgIpc) is 3.07. The first-order chi connectivity index (χ1) is 12.2. The molecule has 2 aromatic carbocycles. The lowest BCUT2D eigenvalue weighted by atomic mass is 10.2. The van der Waals surface area contributed by atoms with E-state index >= 15 is 0 Å². The lowest BCUT2D eigenvalue weighted by Crippen LogP contribution is -2.07. The SMILES string of the molecule is Cc1nnc([C@@H](C)Nc2cccc(COCCc3ccccc3)c2)o1. The van der Waals surface area contributed by atoms with Crippen LogP contribution in [0.25, 0.3) is 0 Å². The number of benzene rings is 2. The predicted octanol–water partition coefficient (Wildman–Crippen LogP) is 4.31. The van der Waals surface area contributed by atoms with Crippen molar-refractivity contribution >= 4 is 5.69 Å². The lowest BCUT2D eigenvalue weighted by Gasteiger charge is -2.13. The van der Waals surface area contributed by atoms with Gasteiger partial charge in [-0.2, -0.15) is 0 Å². The van der Waals surface area contributed by atoms with Gasteiger partial charge in [-0.15, -0.1) is 10.2 Å². The van der Waals surface area contributed by atoms with Crippen LogP contribution in [-0.2, 0) is 17.8 Å². The number of ether oxygens (including phenoxy) is 1. The van der Waals surface area contributed by atoms with Crippen LogP contribution in [0.3, 0.4) is 0 Å². The van der Waals surface area contributed by atoms with Crippen LogP contribution < -0.4 is 5.32 Å². The molecule has 1 heterocycles. The molecule has 1 N–H and O–H groups in total. The monoisotopic (exact) mass is 337 g/mol. The third-order valence-electron chi connectivity index (χ3n) is 3.87. The molecule has 0 unspecified atom stereocenters. The number of rotatable bonds is 8. The Balaban J connectivity index is 1.49.